The van der Waals surface area contributed by atoms with Crippen molar-refractivity contribution in [2.45, 2.75) is 13.1 Å². The molecule has 1 saturated heterocycles. The average Bonchev–Trinajstić information content (AvgIpc) is 3.22. The van der Waals surface area contributed by atoms with E-state index in [1.807, 2.05) is 4.57 Å². The summed E-state index contributed by atoms with van der Waals surface area (Å²) in [6.45, 7) is 5.16. The number of aromatic amines is 1. The minimum absolute atomic E-state index is 0.396. The summed E-state index contributed by atoms with van der Waals surface area (Å²) in [4.78, 5) is 36.4. The van der Waals surface area contributed by atoms with Gasteiger partial charge in [-0.15, -0.1) is 0 Å². The number of aryl methyl sites for hydroxylation is 1. The summed E-state index contributed by atoms with van der Waals surface area (Å²) in [7, 11) is 3.25. The van der Waals surface area contributed by atoms with Gasteiger partial charge in [-0.3, -0.25) is 19.2 Å². The molecule has 0 unspecified atom stereocenters. The fourth-order valence-electron chi connectivity index (χ4n) is 4.64. The Morgan fingerprint density at radius 2 is 1.79 bits per heavy atom. The number of hydrogen-bond donors (Lipinski definition) is 1. The third-order valence-corrected chi connectivity index (χ3v) is 6.43. The Balaban J connectivity index is 1.40. The number of aromatic nitrogens is 4. The van der Waals surface area contributed by atoms with Crippen LogP contribution in [0.3, 0.4) is 0 Å². The molecule has 1 N–H and O–H groups in total. The van der Waals surface area contributed by atoms with Gasteiger partial charge in [0.15, 0.2) is 11.2 Å². The van der Waals surface area contributed by atoms with Crippen molar-refractivity contribution >= 4 is 27.9 Å². The molecule has 0 bridgehead atoms. The minimum Gasteiger partial charge on any atom is -0.383 e. The van der Waals surface area contributed by atoms with Gasteiger partial charge in [0, 0.05) is 53.4 Å². The van der Waals surface area contributed by atoms with Crippen molar-refractivity contribution in [3.05, 3.63) is 68.9 Å². The molecule has 1 aliphatic rings. The van der Waals surface area contributed by atoms with Gasteiger partial charge in [0.25, 0.3) is 5.56 Å². The second-order valence-electron chi connectivity index (χ2n) is 8.45. The van der Waals surface area contributed by atoms with Gasteiger partial charge in [0.05, 0.1) is 6.61 Å². The van der Waals surface area contributed by atoms with Gasteiger partial charge in [0.1, 0.15) is 0 Å². The van der Waals surface area contributed by atoms with Gasteiger partial charge in [-0.2, -0.15) is 4.98 Å². The maximum atomic E-state index is 12.6. The molecule has 2 aromatic carbocycles. The van der Waals surface area contributed by atoms with E-state index in [2.05, 4.69) is 57.2 Å². The molecule has 4 aromatic rings. The predicted octanol–water partition coefficient (Wildman–Crippen LogP) is 1.55. The molecule has 0 saturated carbocycles. The number of ether oxygens (including phenoxy) is 1. The first-order valence-electron chi connectivity index (χ1n) is 11.2. The Labute approximate surface area is 190 Å². The Morgan fingerprint density at radius 1 is 1.03 bits per heavy atom. The summed E-state index contributed by atoms with van der Waals surface area (Å²) in [5, 5.41) is 2.56. The van der Waals surface area contributed by atoms with E-state index in [0.717, 1.165) is 32.7 Å². The van der Waals surface area contributed by atoms with Crippen LogP contribution in [-0.2, 0) is 24.9 Å². The van der Waals surface area contributed by atoms with Crippen LogP contribution in [0.25, 0.3) is 21.9 Å². The number of benzene rings is 2. The van der Waals surface area contributed by atoms with Crippen molar-refractivity contribution in [2.24, 2.45) is 7.05 Å². The zero-order valence-corrected chi connectivity index (χ0v) is 19.0. The van der Waals surface area contributed by atoms with E-state index in [9.17, 15) is 9.59 Å². The van der Waals surface area contributed by atoms with E-state index >= 15 is 0 Å². The van der Waals surface area contributed by atoms with Crippen molar-refractivity contribution in [1.82, 2.24) is 24.0 Å². The van der Waals surface area contributed by atoms with E-state index in [0.29, 0.717) is 30.3 Å². The Bertz CT molecular complexity index is 1410. The first-order valence-corrected chi connectivity index (χ1v) is 11.2. The number of H-pyrrole nitrogens is 1. The molecule has 0 spiro atoms. The largest absolute Gasteiger partial charge is 0.383 e. The van der Waals surface area contributed by atoms with Crippen LogP contribution in [0.15, 0.2) is 52.1 Å². The molecule has 0 atom stereocenters. The number of methoxy groups -OCH3 is 1. The van der Waals surface area contributed by atoms with Crippen molar-refractivity contribution in [3.8, 4) is 0 Å². The SMILES string of the molecule is COCCn1c(N2CCN(Cc3cccc4ccccc34)CC2)nc2c1c(=O)[nH]c(=O)n2C. The Kier molecular flexibility index (Phi) is 5.74. The smallest absolute Gasteiger partial charge is 0.329 e. The minimum atomic E-state index is -0.463. The number of fused-ring (bicyclic) bond motifs is 2. The number of anilines is 1. The van der Waals surface area contributed by atoms with Crippen molar-refractivity contribution < 1.29 is 4.74 Å². The van der Waals surface area contributed by atoms with Crippen molar-refractivity contribution in [2.75, 3.05) is 44.8 Å². The molecule has 0 aliphatic carbocycles. The van der Waals surface area contributed by atoms with Gasteiger partial charge in [-0.1, -0.05) is 42.5 Å². The first-order chi connectivity index (χ1) is 16.1. The molecule has 33 heavy (non-hydrogen) atoms. The molecule has 172 valence electrons. The van der Waals surface area contributed by atoms with Crippen LogP contribution in [0.1, 0.15) is 5.56 Å². The quantitative estimate of drug-likeness (QED) is 0.482. The summed E-state index contributed by atoms with van der Waals surface area (Å²) >= 11 is 0. The van der Waals surface area contributed by atoms with Gasteiger partial charge >= 0.3 is 5.69 Å². The summed E-state index contributed by atoms with van der Waals surface area (Å²) in [5.41, 5.74) is 1.25. The molecular formula is C24H28N6O3. The number of rotatable bonds is 6. The Hall–Kier alpha value is -3.43. The lowest BCUT2D eigenvalue weighted by atomic mass is 10.0. The number of hydrogen-bond acceptors (Lipinski definition) is 6. The van der Waals surface area contributed by atoms with Crippen LogP contribution in [0.4, 0.5) is 5.95 Å². The highest BCUT2D eigenvalue weighted by atomic mass is 16.5. The van der Waals surface area contributed by atoms with E-state index < -0.39 is 11.2 Å². The standard InChI is InChI=1S/C24H28N6O3/c1-27-21-20(22(31)26-24(27)32)30(14-15-33-2)23(25-21)29-12-10-28(11-13-29)16-18-8-5-7-17-6-3-4-9-19(17)18/h3-9H,10-16H2,1-2H3,(H,26,31,32). The van der Waals surface area contributed by atoms with Crippen LogP contribution in [0, 0.1) is 0 Å². The maximum absolute atomic E-state index is 12.6. The molecule has 9 heteroatoms. The summed E-state index contributed by atoms with van der Waals surface area (Å²) in [6, 6.07) is 15.0. The lowest BCUT2D eigenvalue weighted by Gasteiger charge is -2.35. The summed E-state index contributed by atoms with van der Waals surface area (Å²) < 4.78 is 8.52. The molecule has 5 rings (SSSR count). The fraction of sp³-hybridized carbons (Fsp3) is 0.375. The zero-order valence-electron chi connectivity index (χ0n) is 19.0. The topological polar surface area (TPSA) is 88.4 Å². The normalized spacial score (nSPS) is 15.0. The fourth-order valence-corrected chi connectivity index (χ4v) is 4.64. The highest BCUT2D eigenvalue weighted by Gasteiger charge is 2.25. The number of imidazole rings is 1. The maximum Gasteiger partial charge on any atom is 0.329 e. The van der Waals surface area contributed by atoms with E-state index in [1.54, 1.807) is 14.2 Å². The zero-order chi connectivity index (χ0) is 22.9. The molecule has 1 aliphatic heterocycles. The summed E-state index contributed by atoms with van der Waals surface area (Å²) in [5.74, 6) is 0.707. The third-order valence-electron chi connectivity index (χ3n) is 6.43. The lowest BCUT2D eigenvalue weighted by molar-refractivity contribution is 0.188. The van der Waals surface area contributed by atoms with Crippen LogP contribution >= 0.6 is 0 Å². The van der Waals surface area contributed by atoms with Crippen LogP contribution in [-0.4, -0.2) is 63.9 Å². The average molecular weight is 449 g/mol. The molecule has 0 amide bonds. The van der Waals surface area contributed by atoms with E-state index in [4.69, 9.17) is 9.72 Å². The van der Waals surface area contributed by atoms with Crippen molar-refractivity contribution in [1.29, 1.82) is 0 Å². The molecule has 9 nitrogen and oxygen atoms in total. The van der Waals surface area contributed by atoms with E-state index in [-0.39, 0.29) is 0 Å². The predicted molar refractivity (Wildman–Crippen MR) is 129 cm³/mol. The van der Waals surface area contributed by atoms with Crippen LogP contribution in [0.2, 0.25) is 0 Å². The number of nitrogens with zero attached hydrogens (tertiary/aromatic N) is 5. The second kappa shape index (κ2) is 8.84. The third kappa shape index (κ3) is 3.94. The van der Waals surface area contributed by atoms with Crippen LogP contribution in [0.5, 0.6) is 0 Å². The van der Waals surface area contributed by atoms with Crippen molar-refractivity contribution in [3.63, 3.8) is 0 Å². The molecular weight excluding hydrogens is 420 g/mol. The summed E-state index contributed by atoms with van der Waals surface area (Å²) in [6.07, 6.45) is 0. The Morgan fingerprint density at radius 3 is 2.58 bits per heavy atom. The van der Waals surface area contributed by atoms with Gasteiger partial charge in [-0.05, 0) is 16.3 Å². The molecule has 3 heterocycles. The van der Waals surface area contributed by atoms with Gasteiger partial charge in [0.2, 0.25) is 5.95 Å². The monoisotopic (exact) mass is 448 g/mol. The number of piperazine rings is 1. The van der Waals surface area contributed by atoms with E-state index in [1.165, 1.54) is 20.9 Å². The van der Waals surface area contributed by atoms with Crippen LogP contribution < -0.4 is 16.1 Å². The highest BCUT2D eigenvalue weighted by molar-refractivity contribution is 5.85. The lowest BCUT2D eigenvalue weighted by Crippen LogP contribution is -2.47. The highest BCUT2D eigenvalue weighted by Crippen LogP contribution is 2.23. The van der Waals surface area contributed by atoms with Gasteiger partial charge < -0.3 is 14.2 Å². The molecule has 1 fully saturated rings. The molecule has 2 aromatic heterocycles. The molecule has 0 radical (unpaired) electrons. The number of nitrogens with one attached hydrogen (secondary N) is 1. The van der Waals surface area contributed by atoms with Gasteiger partial charge in [-0.25, -0.2) is 4.79 Å². The first kappa shape index (κ1) is 21.4. The second-order valence-corrected chi connectivity index (χ2v) is 8.45.